The number of hydrogen-bond acceptors (Lipinski definition) is 4. The summed E-state index contributed by atoms with van der Waals surface area (Å²) in [5.41, 5.74) is 0. The van der Waals surface area contributed by atoms with Crippen LogP contribution in [0.3, 0.4) is 0 Å². The van der Waals surface area contributed by atoms with Gasteiger partial charge < -0.3 is 18.9 Å². The van der Waals surface area contributed by atoms with Crippen LogP contribution in [0.15, 0.2) is 36.4 Å². The molecule has 2 aromatic rings. The fourth-order valence-electron chi connectivity index (χ4n) is 4.09. The molecule has 6 heteroatoms. The Morgan fingerprint density at radius 2 is 0.789 bits per heavy atom. The number of rotatable bonds is 23. The van der Waals surface area contributed by atoms with E-state index in [2.05, 4.69) is 71.2 Å². The smallest absolute Gasteiger partial charge is 0.132 e. The molecule has 0 fully saturated rings. The van der Waals surface area contributed by atoms with Gasteiger partial charge in [0.05, 0.1) is 33.6 Å². The van der Waals surface area contributed by atoms with Crippen LogP contribution in [-0.4, -0.2) is 26.4 Å². The Hall–Kier alpha value is -0.900. The largest absolute Gasteiger partial charge is 0.494 e. The van der Waals surface area contributed by atoms with Gasteiger partial charge in [0.1, 0.15) is 23.0 Å². The van der Waals surface area contributed by atoms with E-state index >= 15 is 0 Å². The van der Waals surface area contributed by atoms with Crippen molar-refractivity contribution in [3.05, 3.63) is 43.5 Å². The summed E-state index contributed by atoms with van der Waals surface area (Å²) in [4.78, 5) is 0. The first-order valence-corrected chi connectivity index (χ1v) is 16.9. The summed E-state index contributed by atoms with van der Waals surface area (Å²) in [7, 11) is 0. The molecule has 0 N–H and O–H groups in total. The second kappa shape index (κ2) is 21.9. The van der Waals surface area contributed by atoms with Crippen molar-refractivity contribution in [1.82, 2.24) is 0 Å². The van der Waals surface area contributed by atoms with Gasteiger partial charge in [0.2, 0.25) is 0 Å². The first-order chi connectivity index (χ1) is 18.6. The van der Waals surface area contributed by atoms with E-state index in [1.54, 1.807) is 0 Å². The molecule has 0 bridgehead atoms. The van der Waals surface area contributed by atoms with E-state index in [-0.39, 0.29) is 0 Å². The molecule has 0 radical (unpaired) electrons. The molecule has 38 heavy (non-hydrogen) atoms. The lowest BCUT2D eigenvalue weighted by molar-refractivity contribution is 0.263. The molecule has 2 rings (SSSR count). The van der Waals surface area contributed by atoms with Crippen LogP contribution in [0.2, 0.25) is 0 Å². The fourth-order valence-corrected chi connectivity index (χ4v) is 5.37. The molecule has 0 aliphatic heterocycles. The van der Waals surface area contributed by atoms with Gasteiger partial charge in [0, 0.05) is 0 Å². The minimum atomic E-state index is 0.680. The highest BCUT2D eigenvalue weighted by Crippen LogP contribution is 2.27. The third kappa shape index (κ3) is 15.0. The van der Waals surface area contributed by atoms with Gasteiger partial charge in [0.15, 0.2) is 0 Å². The maximum absolute atomic E-state index is 6.00. The fraction of sp³-hybridized carbons (Fsp3) is 0.625. The van der Waals surface area contributed by atoms with Gasteiger partial charge in [0.25, 0.3) is 0 Å². The summed E-state index contributed by atoms with van der Waals surface area (Å²) in [6.07, 6.45) is 17.2. The average Bonchev–Trinajstić information content (AvgIpc) is 2.91. The van der Waals surface area contributed by atoms with Gasteiger partial charge in [-0.05, 0) is 107 Å². The zero-order valence-corrected chi connectivity index (χ0v) is 27.9. The molecule has 0 heterocycles. The maximum atomic E-state index is 6.00. The molecule has 0 amide bonds. The standard InChI is InChI=1S/C32H48I2O4/c1-3-5-7-9-11-13-21-35-27-17-19-31(29(33)25-27)37-23-15-16-24-38-32-20-18-28(26-30(32)34)36-22-14-12-10-8-6-4-2/h17-20,25-26H,3-16,21-24H2,1-2H3. The van der Waals surface area contributed by atoms with E-state index in [0.29, 0.717) is 13.2 Å². The second-order valence-electron chi connectivity index (χ2n) is 9.82. The molecule has 0 aromatic heterocycles. The normalized spacial score (nSPS) is 10.9. The van der Waals surface area contributed by atoms with E-state index in [1.165, 1.54) is 64.2 Å². The summed E-state index contributed by atoms with van der Waals surface area (Å²) in [5.74, 6) is 3.70. The molecule has 0 spiro atoms. The first-order valence-electron chi connectivity index (χ1n) is 14.7. The third-order valence-corrected chi connectivity index (χ3v) is 8.08. The lowest BCUT2D eigenvalue weighted by Crippen LogP contribution is -2.04. The highest BCUT2D eigenvalue weighted by Gasteiger charge is 2.06. The van der Waals surface area contributed by atoms with Crippen LogP contribution in [0.25, 0.3) is 0 Å². The van der Waals surface area contributed by atoms with Gasteiger partial charge in [-0.25, -0.2) is 0 Å². The molecule has 0 aliphatic rings. The second-order valence-corrected chi connectivity index (χ2v) is 12.1. The van der Waals surface area contributed by atoms with Crippen LogP contribution in [0.1, 0.15) is 104 Å². The van der Waals surface area contributed by atoms with Crippen LogP contribution in [-0.2, 0) is 0 Å². The number of hydrogen-bond donors (Lipinski definition) is 0. The van der Waals surface area contributed by atoms with Gasteiger partial charge in [-0.15, -0.1) is 0 Å². The van der Waals surface area contributed by atoms with E-state index < -0.39 is 0 Å². The van der Waals surface area contributed by atoms with Crippen LogP contribution < -0.4 is 18.9 Å². The number of benzene rings is 2. The molecule has 0 saturated heterocycles. The monoisotopic (exact) mass is 750 g/mol. The van der Waals surface area contributed by atoms with E-state index in [9.17, 15) is 0 Å². The first kappa shape index (κ1) is 33.3. The summed E-state index contributed by atoms with van der Waals surface area (Å²) in [6.45, 7) is 7.44. The lowest BCUT2D eigenvalue weighted by atomic mass is 10.1. The maximum Gasteiger partial charge on any atom is 0.132 e. The Morgan fingerprint density at radius 3 is 1.18 bits per heavy atom. The molecule has 214 valence electrons. The molecule has 0 saturated carbocycles. The molecule has 0 aliphatic carbocycles. The van der Waals surface area contributed by atoms with Crippen molar-refractivity contribution < 1.29 is 18.9 Å². The molecule has 0 atom stereocenters. The Morgan fingerprint density at radius 1 is 0.447 bits per heavy atom. The van der Waals surface area contributed by atoms with Crippen LogP contribution in [0, 0.1) is 7.14 Å². The number of unbranched alkanes of at least 4 members (excludes halogenated alkanes) is 11. The zero-order chi connectivity index (χ0) is 27.3. The van der Waals surface area contributed by atoms with Crippen molar-refractivity contribution in [3.63, 3.8) is 0 Å². The van der Waals surface area contributed by atoms with Gasteiger partial charge in [-0.1, -0.05) is 78.1 Å². The van der Waals surface area contributed by atoms with Crippen LogP contribution >= 0.6 is 45.2 Å². The van der Waals surface area contributed by atoms with Crippen molar-refractivity contribution >= 4 is 45.2 Å². The topological polar surface area (TPSA) is 36.9 Å². The predicted molar refractivity (Wildman–Crippen MR) is 176 cm³/mol. The molecule has 4 nitrogen and oxygen atoms in total. The summed E-state index contributed by atoms with van der Waals surface area (Å²) in [6, 6.07) is 12.2. The van der Waals surface area contributed by atoms with E-state index in [1.807, 2.05) is 24.3 Å². The van der Waals surface area contributed by atoms with E-state index in [4.69, 9.17) is 18.9 Å². The minimum Gasteiger partial charge on any atom is -0.494 e. The van der Waals surface area contributed by atoms with Crippen LogP contribution in [0.5, 0.6) is 23.0 Å². The predicted octanol–water partition coefficient (Wildman–Crippen LogP) is 10.6. The molecule has 2 aromatic carbocycles. The van der Waals surface area contributed by atoms with E-state index in [0.717, 1.165) is 69.0 Å². The van der Waals surface area contributed by atoms with Crippen molar-refractivity contribution in [1.29, 1.82) is 0 Å². The van der Waals surface area contributed by atoms with Gasteiger partial charge >= 0.3 is 0 Å². The number of ether oxygens (including phenoxy) is 4. The quantitative estimate of drug-likeness (QED) is 0.0837. The number of halogens is 2. The van der Waals surface area contributed by atoms with Crippen molar-refractivity contribution in [2.24, 2.45) is 0 Å². The minimum absolute atomic E-state index is 0.680. The van der Waals surface area contributed by atoms with Crippen molar-refractivity contribution in [2.75, 3.05) is 26.4 Å². The molecular formula is C32H48I2O4. The lowest BCUT2D eigenvalue weighted by Gasteiger charge is -2.12. The average molecular weight is 751 g/mol. The Balaban J connectivity index is 1.55. The van der Waals surface area contributed by atoms with Gasteiger partial charge in [-0.2, -0.15) is 0 Å². The summed E-state index contributed by atoms with van der Waals surface area (Å²) >= 11 is 4.66. The SMILES string of the molecule is CCCCCCCCOc1ccc(OCCCCOc2ccc(OCCCCCCCC)cc2I)c(I)c1. The zero-order valence-electron chi connectivity index (χ0n) is 23.6. The molecule has 0 unspecified atom stereocenters. The summed E-state index contributed by atoms with van der Waals surface area (Å²) < 4.78 is 26.0. The highest BCUT2D eigenvalue weighted by atomic mass is 127. The Kier molecular flexibility index (Phi) is 19.2. The Bertz CT molecular complexity index is 803. The Labute approximate surface area is 259 Å². The van der Waals surface area contributed by atoms with Crippen molar-refractivity contribution in [3.8, 4) is 23.0 Å². The van der Waals surface area contributed by atoms with Crippen molar-refractivity contribution in [2.45, 2.75) is 104 Å². The molecular weight excluding hydrogens is 702 g/mol. The summed E-state index contributed by atoms with van der Waals surface area (Å²) in [5, 5.41) is 0. The highest BCUT2D eigenvalue weighted by molar-refractivity contribution is 14.1. The van der Waals surface area contributed by atoms with Gasteiger partial charge in [-0.3, -0.25) is 0 Å². The van der Waals surface area contributed by atoms with Crippen LogP contribution in [0.4, 0.5) is 0 Å². The third-order valence-electron chi connectivity index (χ3n) is 6.39.